The van der Waals surface area contributed by atoms with Crippen molar-refractivity contribution in [2.24, 2.45) is 0 Å². The van der Waals surface area contributed by atoms with Gasteiger partial charge in [0.1, 0.15) is 0 Å². The summed E-state index contributed by atoms with van der Waals surface area (Å²) in [4.78, 5) is 11.8. The van der Waals surface area contributed by atoms with Crippen LogP contribution in [-0.2, 0) is 17.1 Å². The molecule has 0 aliphatic heterocycles. The van der Waals surface area contributed by atoms with Gasteiger partial charge in [0.2, 0.25) is 5.91 Å². The third-order valence-electron chi connectivity index (χ3n) is 3.16. The Balaban J connectivity index is 1.67. The van der Waals surface area contributed by atoms with Crippen LogP contribution in [0.3, 0.4) is 0 Å². The summed E-state index contributed by atoms with van der Waals surface area (Å²) in [6.07, 6.45) is 0.469. The molecule has 0 bridgehead atoms. The maximum absolute atomic E-state index is 11.8. The Labute approximate surface area is 155 Å². The fourth-order valence-corrected chi connectivity index (χ4v) is 3.32. The van der Waals surface area contributed by atoms with Gasteiger partial charge in [-0.05, 0) is 29.3 Å². The predicted octanol–water partition coefficient (Wildman–Crippen LogP) is 5.59. The predicted molar refractivity (Wildman–Crippen MR) is 101 cm³/mol. The third kappa shape index (κ3) is 6.27. The van der Waals surface area contributed by atoms with Crippen LogP contribution in [0.5, 0.6) is 0 Å². The van der Waals surface area contributed by atoms with Crippen LogP contribution in [0.25, 0.3) is 0 Å². The van der Waals surface area contributed by atoms with Crippen LogP contribution in [0.2, 0.25) is 15.1 Å². The van der Waals surface area contributed by atoms with Gasteiger partial charge >= 0.3 is 0 Å². The molecule has 0 heterocycles. The molecule has 2 aromatic carbocycles. The summed E-state index contributed by atoms with van der Waals surface area (Å²) in [6, 6.07) is 13.1. The van der Waals surface area contributed by atoms with E-state index in [0.29, 0.717) is 28.0 Å². The van der Waals surface area contributed by atoms with Gasteiger partial charge in [-0.3, -0.25) is 4.79 Å². The Kier molecular flexibility index (Phi) is 7.57. The zero-order valence-electron chi connectivity index (χ0n) is 12.3. The van der Waals surface area contributed by atoms with Gasteiger partial charge in [-0.1, -0.05) is 59.1 Å². The summed E-state index contributed by atoms with van der Waals surface area (Å²) in [5, 5.41) is 4.66. The third-order valence-corrected chi connectivity index (χ3v) is 5.30. The van der Waals surface area contributed by atoms with E-state index < -0.39 is 0 Å². The first kappa shape index (κ1) is 18.5. The number of hydrogen-bond donors (Lipinski definition) is 1. The van der Waals surface area contributed by atoms with Gasteiger partial charge in [-0.15, -0.1) is 0 Å². The first-order valence-corrected chi connectivity index (χ1v) is 9.37. The van der Waals surface area contributed by atoms with E-state index in [1.54, 1.807) is 17.8 Å². The molecule has 6 heteroatoms. The van der Waals surface area contributed by atoms with Crippen molar-refractivity contribution in [3.05, 3.63) is 68.7 Å². The first-order valence-electron chi connectivity index (χ1n) is 7.08. The summed E-state index contributed by atoms with van der Waals surface area (Å²) in [6.45, 7) is 0.454. The maximum atomic E-state index is 11.8. The normalized spacial score (nSPS) is 10.6. The molecular weight excluding hydrogens is 373 g/mol. The minimum Gasteiger partial charge on any atom is -0.352 e. The Morgan fingerprint density at radius 1 is 1.00 bits per heavy atom. The monoisotopic (exact) mass is 387 g/mol. The average Bonchev–Trinajstić information content (AvgIpc) is 2.54. The minimum atomic E-state index is 0.0200. The molecule has 122 valence electrons. The lowest BCUT2D eigenvalue weighted by atomic mass is 10.2. The molecule has 23 heavy (non-hydrogen) atoms. The molecule has 2 aromatic rings. The number of carbonyl (C=O) groups is 1. The van der Waals surface area contributed by atoms with E-state index in [1.807, 2.05) is 36.4 Å². The van der Waals surface area contributed by atoms with Gasteiger partial charge in [0.05, 0.1) is 10.0 Å². The molecule has 2 nitrogen and oxygen atoms in total. The van der Waals surface area contributed by atoms with Crippen molar-refractivity contribution >= 4 is 52.5 Å². The molecule has 0 fully saturated rings. The molecule has 0 saturated carbocycles. The Hall–Kier alpha value is -0.870. The highest BCUT2D eigenvalue weighted by atomic mass is 35.5. The van der Waals surface area contributed by atoms with E-state index >= 15 is 0 Å². The van der Waals surface area contributed by atoms with Crippen molar-refractivity contribution in [3.8, 4) is 0 Å². The zero-order valence-corrected chi connectivity index (χ0v) is 15.4. The quantitative estimate of drug-likeness (QED) is 0.627. The molecule has 1 N–H and O–H groups in total. The number of halogens is 3. The fraction of sp³-hybridized carbons (Fsp3) is 0.235. The van der Waals surface area contributed by atoms with Crippen molar-refractivity contribution in [3.63, 3.8) is 0 Å². The lowest BCUT2D eigenvalue weighted by Gasteiger charge is -2.07. The van der Waals surface area contributed by atoms with Gasteiger partial charge < -0.3 is 5.32 Å². The molecule has 0 saturated heterocycles. The summed E-state index contributed by atoms with van der Waals surface area (Å²) in [5.74, 6) is 1.56. The molecule has 0 spiro atoms. The second kappa shape index (κ2) is 9.43. The number of rotatable bonds is 7. The Morgan fingerprint density at radius 3 is 2.52 bits per heavy atom. The van der Waals surface area contributed by atoms with E-state index in [-0.39, 0.29) is 5.91 Å². The minimum absolute atomic E-state index is 0.0200. The lowest BCUT2D eigenvalue weighted by Crippen LogP contribution is -2.23. The number of benzene rings is 2. The second-order valence-corrected chi connectivity index (χ2v) is 7.25. The smallest absolute Gasteiger partial charge is 0.221 e. The van der Waals surface area contributed by atoms with Crippen LogP contribution < -0.4 is 5.32 Å². The van der Waals surface area contributed by atoms with Crippen LogP contribution >= 0.6 is 46.6 Å². The molecular formula is C17H16Cl3NOS. The Morgan fingerprint density at radius 2 is 1.78 bits per heavy atom. The van der Waals surface area contributed by atoms with E-state index in [4.69, 9.17) is 34.8 Å². The highest BCUT2D eigenvalue weighted by Gasteiger charge is 2.05. The highest BCUT2D eigenvalue weighted by molar-refractivity contribution is 7.98. The summed E-state index contributed by atoms with van der Waals surface area (Å²) < 4.78 is 0. The van der Waals surface area contributed by atoms with Gasteiger partial charge in [0.25, 0.3) is 0 Å². The number of nitrogens with one attached hydrogen (secondary N) is 1. The summed E-state index contributed by atoms with van der Waals surface area (Å²) in [7, 11) is 0. The fourth-order valence-electron chi connectivity index (χ4n) is 1.91. The van der Waals surface area contributed by atoms with Crippen molar-refractivity contribution in [1.29, 1.82) is 0 Å². The SMILES string of the molecule is O=C(CCSCc1ccc(Cl)c(Cl)c1)NCc1ccccc1Cl. The van der Waals surface area contributed by atoms with Crippen LogP contribution in [0, 0.1) is 0 Å². The molecule has 2 rings (SSSR count). The van der Waals surface area contributed by atoms with E-state index in [9.17, 15) is 4.79 Å². The maximum Gasteiger partial charge on any atom is 0.221 e. The number of hydrogen-bond acceptors (Lipinski definition) is 2. The van der Waals surface area contributed by atoms with E-state index in [1.165, 1.54) is 0 Å². The number of carbonyl (C=O) groups excluding carboxylic acids is 1. The average molecular weight is 389 g/mol. The second-order valence-electron chi connectivity index (χ2n) is 4.92. The molecule has 1 amide bonds. The largest absolute Gasteiger partial charge is 0.352 e. The topological polar surface area (TPSA) is 29.1 Å². The molecule has 0 aliphatic rings. The molecule has 0 aliphatic carbocycles. The zero-order chi connectivity index (χ0) is 16.7. The van der Waals surface area contributed by atoms with Gasteiger partial charge in [-0.25, -0.2) is 0 Å². The van der Waals surface area contributed by atoms with Gasteiger partial charge in [0, 0.05) is 29.5 Å². The van der Waals surface area contributed by atoms with E-state index in [0.717, 1.165) is 22.6 Å². The standard InChI is InChI=1S/C17H16Cl3NOS/c18-14-4-2-1-3-13(14)10-21-17(22)7-8-23-11-12-5-6-15(19)16(20)9-12/h1-6,9H,7-8,10-11H2,(H,21,22). The van der Waals surface area contributed by atoms with Gasteiger partial charge in [0.15, 0.2) is 0 Å². The van der Waals surface area contributed by atoms with Crippen molar-refractivity contribution in [2.75, 3.05) is 5.75 Å². The number of amides is 1. The van der Waals surface area contributed by atoms with Crippen LogP contribution in [-0.4, -0.2) is 11.7 Å². The summed E-state index contributed by atoms with van der Waals surface area (Å²) >= 11 is 19.6. The van der Waals surface area contributed by atoms with Crippen molar-refractivity contribution in [2.45, 2.75) is 18.7 Å². The summed E-state index contributed by atoms with van der Waals surface area (Å²) in [5.41, 5.74) is 2.02. The van der Waals surface area contributed by atoms with Crippen molar-refractivity contribution in [1.82, 2.24) is 5.32 Å². The molecule has 0 unspecified atom stereocenters. The molecule has 0 radical (unpaired) electrons. The van der Waals surface area contributed by atoms with Crippen LogP contribution in [0.4, 0.5) is 0 Å². The number of thioether (sulfide) groups is 1. The molecule has 0 aromatic heterocycles. The molecule has 0 atom stereocenters. The van der Waals surface area contributed by atoms with E-state index in [2.05, 4.69) is 5.32 Å². The van der Waals surface area contributed by atoms with Gasteiger partial charge in [-0.2, -0.15) is 11.8 Å². The van der Waals surface area contributed by atoms with Crippen molar-refractivity contribution < 1.29 is 4.79 Å². The van der Waals surface area contributed by atoms with Crippen LogP contribution in [0.1, 0.15) is 17.5 Å². The Bertz CT molecular complexity index is 679. The highest BCUT2D eigenvalue weighted by Crippen LogP contribution is 2.24. The van der Waals surface area contributed by atoms with Crippen LogP contribution in [0.15, 0.2) is 42.5 Å². The first-order chi connectivity index (χ1) is 11.1. The lowest BCUT2D eigenvalue weighted by molar-refractivity contribution is -0.120.